The van der Waals surface area contributed by atoms with Gasteiger partial charge < -0.3 is 15.5 Å². The Kier molecular flexibility index (Phi) is 3.01. The number of nitrogens with zero attached hydrogens (tertiary/aromatic N) is 6. The highest BCUT2D eigenvalue weighted by Crippen LogP contribution is 2.31. The van der Waals surface area contributed by atoms with E-state index < -0.39 is 12.2 Å². The molecule has 1 saturated heterocycles. The van der Waals surface area contributed by atoms with Crippen LogP contribution in [0.4, 0.5) is 10.7 Å². The number of rotatable bonds is 1. The van der Waals surface area contributed by atoms with Gasteiger partial charge in [-0.3, -0.25) is 9.69 Å². The average molecular weight is 310 g/mol. The lowest BCUT2D eigenvalue weighted by Gasteiger charge is -2.40. The molecule has 0 aliphatic carbocycles. The third-order valence-electron chi connectivity index (χ3n) is 3.46. The average Bonchev–Trinajstić information content (AvgIpc) is 2.99. The Morgan fingerprint density at radius 2 is 1.95 bits per heavy atom. The zero-order valence-corrected chi connectivity index (χ0v) is 12.5. The summed E-state index contributed by atoms with van der Waals surface area (Å²) in [5.74, 6) is -0.112. The number of aromatic nitrogens is 3. The molecular weight excluding hydrogens is 296 g/mol. The maximum Gasteiger partial charge on any atom is 0.327 e. The summed E-state index contributed by atoms with van der Waals surface area (Å²) in [5, 5.41) is 7.42. The molecule has 2 aliphatic rings. The van der Waals surface area contributed by atoms with Crippen molar-refractivity contribution < 1.29 is 9.59 Å². The number of nitrogens with one attached hydrogen (secondary N) is 1. The molecule has 0 bridgehead atoms. The summed E-state index contributed by atoms with van der Waals surface area (Å²) in [4.78, 5) is 36.9. The molecule has 1 fully saturated rings. The van der Waals surface area contributed by atoms with Crippen LogP contribution >= 0.6 is 11.8 Å². The zero-order chi connectivity index (χ0) is 15.3. The number of carbonyl (C=O) groups is 2. The Morgan fingerprint density at radius 1 is 1.24 bits per heavy atom. The van der Waals surface area contributed by atoms with Crippen LogP contribution in [0.3, 0.4) is 0 Å². The largest absolute Gasteiger partial charge is 0.368 e. The summed E-state index contributed by atoms with van der Waals surface area (Å²) in [6, 6.07) is -0.988. The molecule has 0 saturated carbocycles. The standard InChI is InChI=1S/C10H14N8O2S/c1-16-5-4(6(19)18(3)10(20)17(5)2)12-9(16)21-8-13-7(11)14-15-8/h4-5H,1-3H3,(H3,11,13,14,15). The quantitative estimate of drug-likeness (QED) is 0.681. The Balaban J connectivity index is 1.88. The van der Waals surface area contributed by atoms with Gasteiger partial charge in [-0.2, -0.15) is 4.98 Å². The predicted octanol–water partition coefficient (Wildman–Crippen LogP) is -1.00. The number of hydrogen-bond acceptors (Lipinski definition) is 8. The number of amidine groups is 1. The summed E-state index contributed by atoms with van der Waals surface area (Å²) >= 11 is 1.19. The second-order valence-electron chi connectivity index (χ2n) is 4.78. The van der Waals surface area contributed by atoms with Crippen LogP contribution < -0.4 is 5.73 Å². The molecule has 21 heavy (non-hydrogen) atoms. The van der Waals surface area contributed by atoms with Crippen molar-refractivity contribution in [2.75, 3.05) is 26.9 Å². The van der Waals surface area contributed by atoms with Crippen molar-refractivity contribution >= 4 is 34.8 Å². The molecule has 112 valence electrons. The van der Waals surface area contributed by atoms with Gasteiger partial charge in [-0.1, -0.05) is 0 Å². The van der Waals surface area contributed by atoms with E-state index in [-0.39, 0.29) is 17.9 Å². The lowest BCUT2D eigenvalue weighted by atomic mass is 10.1. The van der Waals surface area contributed by atoms with Crippen LogP contribution in [0.25, 0.3) is 0 Å². The van der Waals surface area contributed by atoms with E-state index in [1.807, 2.05) is 0 Å². The van der Waals surface area contributed by atoms with Gasteiger partial charge in [0.25, 0.3) is 5.91 Å². The monoisotopic (exact) mass is 310 g/mol. The van der Waals surface area contributed by atoms with Crippen LogP contribution in [0.5, 0.6) is 0 Å². The Bertz CT molecular complexity index is 643. The van der Waals surface area contributed by atoms with Gasteiger partial charge in [-0.15, -0.1) is 5.10 Å². The van der Waals surface area contributed by atoms with Crippen LogP contribution in [0.1, 0.15) is 0 Å². The van der Waals surface area contributed by atoms with Gasteiger partial charge in [0.2, 0.25) is 11.1 Å². The number of thioether (sulfide) groups is 1. The van der Waals surface area contributed by atoms with Crippen LogP contribution in [-0.2, 0) is 4.79 Å². The minimum atomic E-state index is -0.638. The van der Waals surface area contributed by atoms with Crippen LogP contribution in [0.15, 0.2) is 10.1 Å². The molecule has 1 aromatic rings. The second-order valence-corrected chi connectivity index (χ2v) is 5.71. The van der Waals surface area contributed by atoms with Gasteiger partial charge in [0, 0.05) is 21.1 Å². The van der Waals surface area contributed by atoms with Crippen molar-refractivity contribution in [2.45, 2.75) is 17.4 Å². The normalized spacial score (nSPS) is 25.5. The van der Waals surface area contributed by atoms with Gasteiger partial charge in [0.15, 0.2) is 11.2 Å². The Morgan fingerprint density at radius 3 is 2.57 bits per heavy atom. The molecule has 11 heteroatoms. The molecule has 0 aromatic carbocycles. The summed E-state index contributed by atoms with van der Waals surface area (Å²) in [6.07, 6.45) is -0.431. The fourth-order valence-corrected chi connectivity index (χ4v) is 3.20. The van der Waals surface area contributed by atoms with Crippen molar-refractivity contribution in [3.63, 3.8) is 0 Å². The number of hydrogen-bond donors (Lipinski definition) is 2. The minimum absolute atomic E-state index is 0.208. The Hall–Kier alpha value is -2.30. The first-order chi connectivity index (χ1) is 9.90. The molecule has 1 aromatic heterocycles. The highest BCUT2D eigenvalue weighted by atomic mass is 32.2. The number of aromatic amines is 1. The maximum absolute atomic E-state index is 12.2. The first-order valence-corrected chi connectivity index (χ1v) is 6.92. The SMILES string of the molecule is CN1C(=O)C2N=C(Sc3n[nH]c(N)n3)N(C)C2N(C)C1=O. The molecule has 0 radical (unpaired) electrons. The Labute approximate surface area is 124 Å². The van der Waals surface area contributed by atoms with Gasteiger partial charge in [-0.25, -0.2) is 14.9 Å². The van der Waals surface area contributed by atoms with E-state index in [0.717, 1.165) is 4.90 Å². The fraction of sp³-hybridized carbons (Fsp3) is 0.500. The minimum Gasteiger partial charge on any atom is -0.368 e. The molecule has 2 aliphatic heterocycles. The van der Waals surface area contributed by atoms with Crippen LogP contribution in [-0.4, -0.2) is 80.3 Å². The first-order valence-electron chi connectivity index (χ1n) is 6.11. The van der Waals surface area contributed by atoms with Gasteiger partial charge in [0.05, 0.1) is 0 Å². The van der Waals surface area contributed by atoms with E-state index in [1.165, 1.54) is 23.7 Å². The van der Waals surface area contributed by atoms with Crippen molar-refractivity contribution in [2.24, 2.45) is 4.99 Å². The third-order valence-corrected chi connectivity index (χ3v) is 4.41. The van der Waals surface area contributed by atoms with E-state index >= 15 is 0 Å². The second kappa shape index (κ2) is 4.62. The van der Waals surface area contributed by atoms with Crippen molar-refractivity contribution in [3.8, 4) is 0 Å². The molecule has 3 rings (SSSR count). The number of anilines is 1. The van der Waals surface area contributed by atoms with Crippen molar-refractivity contribution in [1.82, 2.24) is 29.9 Å². The topological polar surface area (TPSA) is 124 Å². The fourth-order valence-electron chi connectivity index (χ4n) is 2.38. The summed E-state index contributed by atoms with van der Waals surface area (Å²) in [7, 11) is 4.87. The molecule has 3 heterocycles. The number of aliphatic imine (C=N–C) groups is 1. The number of nitrogen functional groups attached to an aromatic ring is 1. The molecule has 2 unspecified atom stereocenters. The number of likely N-dealkylation sites (N-methyl/N-ethyl adjacent to an activating group) is 3. The van der Waals surface area contributed by atoms with E-state index in [0.29, 0.717) is 10.3 Å². The smallest absolute Gasteiger partial charge is 0.327 e. The summed E-state index contributed by atoms with van der Waals surface area (Å²) < 4.78 is 0. The van der Waals surface area contributed by atoms with E-state index in [4.69, 9.17) is 5.73 Å². The van der Waals surface area contributed by atoms with E-state index in [2.05, 4.69) is 20.2 Å². The molecule has 2 atom stereocenters. The number of fused-ring (bicyclic) bond motifs is 1. The number of amides is 3. The summed E-state index contributed by atoms with van der Waals surface area (Å²) in [6.45, 7) is 0. The highest BCUT2D eigenvalue weighted by Gasteiger charge is 2.49. The van der Waals surface area contributed by atoms with E-state index in [1.54, 1.807) is 19.0 Å². The highest BCUT2D eigenvalue weighted by molar-refractivity contribution is 8.13. The molecule has 3 amide bonds. The van der Waals surface area contributed by atoms with Gasteiger partial charge in [-0.05, 0) is 11.8 Å². The predicted molar refractivity (Wildman–Crippen MR) is 75.4 cm³/mol. The first kappa shape index (κ1) is 13.7. The van der Waals surface area contributed by atoms with Crippen molar-refractivity contribution in [1.29, 1.82) is 0 Å². The number of urea groups is 1. The maximum atomic E-state index is 12.2. The zero-order valence-electron chi connectivity index (χ0n) is 11.6. The lowest BCUT2D eigenvalue weighted by Crippen LogP contribution is -2.63. The van der Waals surface area contributed by atoms with Crippen molar-refractivity contribution in [3.05, 3.63) is 0 Å². The third kappa shape index (κ3) is 2.00. The number of imide groups is 1. The summed E-state index contributed by atoms with van der Waals surface area (Å²) in [5.41, 5.74) is 5.48. The molecule has 0 spiro atoms. The van der Waals surface area contributed by atoms with Gasteiger partial charge in [0.1, 0.15) is 6.17 Å². The van der Waals surface area contributed by atoms with Crippen LogP contribution in [0, 0.1) is 0 Å². The van der Waals surface area contributed by atoms with E-state index in [9.17, 15) is 9.59 Å². The number of carbonyl (C=O) groups excluding carboxylic acids is 2. The lowest BCUT2D eigenvalue weighted by molar-refractivity contribution is -0.133. The number of H-pyrrole nitrogens is 1. The molecule has 10 nitrogen and oxygen atoms in total. The van der Waals surface area contributed by atoms with Gasteiger partial charge >= 0.3 is 6.03 Å². The number of nitrogens with two attached hydrogens (primary N) is 1. The molecular formula is C10H14N8O2S. The van der Waals surface area contributed by atoms with Crippen LogP contribution in [0.2, 0.25) is 0 Å². The molecule has 3 N–H and O–H groups in total.